The molecule has 1 amide bonds. The Kier molecular flexibility index (Phi) is 6.85. The molecule has 1 rings (SSSR count). The standard InChI is InChI=1S/C13H18ClNO3S2/c1-3-20(17,18)9-10(2)15-13(16)8-19-12-7-5-4-6-11(12)14/h4-7,10H,3,8-9H2,1-2H3,(H,15,16). The van der Waals surface area contributed by atoms with Gasteiger partial charge in [0.1, 0.15) is 0 Å². The molecule has 0 saturated heterocycles. The molecule has 1 atom stereocenters. The number of benzene rings is 1. The summed E-state index contributed by atoms with van der Waals surface area (Å²) < 4.78 is 22.9. The molecule has 0 aromatic heterocycles. The Morgan fingerprint density at radius 2 is 2.05 bits per heavy atom. The van der Waals surface area contributed by atoms with Crippen molar-refractivity contribution >= 4 is 39.1 Å². The maximum absolute atomic E-state index is 11.7. The molecule has 0 saturated carbocycles. The quantitative estimate of drug-likeness (QED) is 0.777. The number of hydrogen-bond donors (Lipinski definition) is 1. The molecule has 7 heteroatoms. The van der Waals surface area contributed by atoms with Gasteiger partial charge in [0.05, 0.1) is 16.5 Å². The zero-order valence-corrected chi connectivity index (χ0v) is 13.8. The van der Waals surface area contributed by atoms with Gasteiger partial charge in [0.25, 0.3) is 0 Å². The lowest BCUT2D eigenvalue weighted by molar-refractivity contribution is -0.119. The highest BCUT2D eigenvalue weighted by atomic mass is 35.5. The predicted octanol–water partition coefficient (Wildman–Crippen LogP) is 2.37. The number of rotatable bonds is 7. The number of carbonyl (C=O) groups is 1. The molecular formula is C13H18ClNO3S2. The van der Waals surface area contributed by atoms with Crippen LogP contribution >= 0.6 is 23.4 Å². The summed E-state index contributed by atoms with van der Waals surface area (Å²) >= 11 is 7.31. The molecule has 0 bridgehead atoms. The number of amides is 1. The number of carbonyl (C=O) groups excluding carboxylic acids is 1. The Morgan fingerprint density at radius 1 is 1.40 bits per heavy atom. The van der Waals surface area contributed by atoms with E-state index in [2.05, 4.69) is 5.32 Å². The van der Waals surface area contributed by atoms with Gasteiger partial charge in [0.2, 0.25) is 5.91 Å². The smallest absolute Gasteiger partial charge is 0.230 e. The molecule has 4 nitrogen and oxygen atoms in total. The maximum Gasteiger partial charge on any atom is 0.230 e. The van der Waals surface area contributed by atoms with Gasteiger partial charge in [-0.05, 0) is 19.1 Å². The zero-order valence-electron chi connectivity index (χ0n) is 11.4. The molecule has 20 heavy (non-hydrogen) atoms. The topological polar surface area (TPSA) is 63.2 Å². The molecule has 0 heterocycles. The highest BCUT2D eigenvalue weighted by molar-refractivity contribution is 8.00. The van der Waals surface area contributed by atoms with E-state index < -0.39 is 9.84 Å². The normalized spacial score (nSPS) is 12.9. The maximum atomic E-state index is 11.7. The minimum absolute atomic E-state index is 0.0357. The molecule has 0 aliphatic rings. The fraction of sp³-hybridized carbons (Fsp3) is 0.462. The van der Waals surface area contributed by atoms with Crippen molar-refractivity contribution in [3.8, 4) is 0 Å². The first-order valence-corrected chi connectivity index (χ1v) is 9.39. The van der Waals surface area contributed by atoms with Crippen molar-refractivity contribution in [3.05, 3.63) is 29.3 Å². The Balaban J connectivity index is 2.43. The molecule has 0 spiro atoms. The molecule has 1 aromatic carbocycles. The van der Waals surface area contributed by atoms with Crippen molar-refractivity contribution in [2.75, 3.05) is 17.3 Å². The lowest BCUT2D eigenvalue weighted by Gasteiger charge is -2.13. The lowest BCUT2D eigenvalue weighted by Crippen LogP contribution is -2.38. The number of thioether (sulfide) groups is 1. The van der Waals surface area contributed by atoms with E-state index in [9.17, 15) is 13.2 Å². The Hall–Kier alpha value is -0.720. The number of hydrogen-bond acceptors (Lipinski definition) is 4. The minimum Gasteiger partial charge on any atom is -0.352 e. The average molecular weight is 336 g/mol. The van der Waals surface area contributed by atoms with E-state index in [1.54, 1.807) is 19.9 Å². The van der Waals surface area contributed by atoms with Crippen LogP contribution in [-0.4, -0.2) is 37.6 Å². The van der Waals surface area contributed by atoms with Crippen LogP contribution in [0.2, 0.25) is 5.02 Å². The van der Waals surface area contributed by atoms with Crippen LogP contribution < -0.4 is 5.32 Å². The molecule has 1 aromatic rings. The van der Waals surface area contributed by atoms with Crippen LogP contribution in [0.4, 0.5) is 0 Å². The van der Waals surface area contributed by atoms with Crippen LogP contribution in [0.1, 0.15) is 13.8 Å². The van der Waals surface area contributed by atoms with E-state index in [0.717, 1.165) is 4.90 Å². The summed E-state index contributed by atoms with van der Waals surface area (Å²) in [4.78, 5) is 12.6. The largest absolute Gasteiger partial charge is 0.352 e. The summed E-state index contributed by atoms with van der Waals surface area (Å²) in [5, 5.41) is 3.28. The summed E-state index contributed by atoms with van der Waals surface area (Å²) in [6.07, 6.45) is 0. The van der Waals surface area contributed by atoms with E-state index >= 15 is 0 Å². The van der Waals surface area contributed by atoms with Gasteiger partial charge in [0.15, 0.2) is 9.84 Å². The number of nitrogens with one attached hydrogen (secondary N) is 1. The van der Waals surface area contributed by atoms with Crippen molar-refractivity contribution in [3.63, 3.8) is 0 Å². The van der Waals surface area contributed by atoms with Gasteiger partial charge in [-0.2, -0.15) is 0 Å². The van der Waals surface area contributed by atoms with E-state index in [1.807, 2.05) is 18.2 Å². The summed E-state index contributed by atoms with van der Waals surface area (Å²) in [5.41, 5.74) is 0. The average Bonchev–Trinajstić information content (AvgIpc) is 2.37. The Morgan fingerprint density at radius 3 is 2.65 bits per heavy atom. The van der Waals surface area contributed by atoms with Crippen molar-refractivity contribution in [1.29, 1.82) is 0 Å². The molecule has 0 aliphatic carbocycles. The second kappa shape index (κ2) is 7.90. The molecule has 0 radical (unpaired) electrons. The van der Waals surface area contributed by atoms with Crippen molar-refractivity contribution in [1.82, 2.24) is 5.32 Å². The first-order valence-electron chi connectivity index (χ1n) is 6.21. The van der Waals surface area contributed by atoms with Crippen LogP contribution in [0.15, 0.2) is 29.2 Å². The monoisotopic (exact) mass is 335 g/mol. The van der Waals surface area contributed by atoms with Gasteiger partial charge in [-0.3, -0.25) is 4.79 Å². The third-order valence-electron chi connectivity index (χ3n) is 2.55. The fourth-order valence-corrected chi connectivity index (χ4v) is 3.69. The van der Waals surface area contributed by atoms with Crippen LogP contribution in [0.25, 0.3) is 0 Å². The fourth-order valence-electron chi connectivity index (χ4n) is 1.56. The van der Waals surface area contributed by atoms with E-state index in [-0.39, 0.29) is 29.2 Å². The van der Waals surface area contributed by atoms with Gasteiger partial charge in [0, 0.05) is 16.7 Å². The van der Waals surface area contributed by atoms with Gasteiger partial charge < -0.3 is 5.32 Å². The first-order chi connectivity index (χ1) is 9.34. The third kappa shape index (κ3) is 6.15. The van der Waals surface area contributed by atoms with Gasteiger partial charge in [-0.25, -0.2) is 8.42 Å². The van der Waals surface area contributed by atoms with Gasteiger partial charge in [-0.15, -0.1) is 11.8 Å². The molecule has 112 valence electrons. The number of halogens is 1. The second-order valence-corrected chi connectivity index (χ2v) is 8.21. The summed E-state index contributed by atoms with van der Waals surface area (Å²) in [7, 11) is -3.08. The van der Waals surface area contributed by atoms with Gasteiger partial charge in [-0.1, -0.05) is 30.7 Å². The molecule has 1 N–H and O–H groups in total. The summed E-state index contributed by atoms with van der Waals surface area (Å²) in [5.74, 6) is 0.0575. The Bertz CT molecular complexity index is 560. The van der Waals surface area contributed by atoms with Crippen molar-refractivity contribution in [2.45, 2.75) is 24.8 Å². The van der Waals surface area contributed by atoms with E-state index in [1.165, 1.54) is 11.8 Å². The highest BCUT2D eigenvalue weighted by Crippen LogP contribution is 2.26. The predicted molar refractivity (Wildman–Crippen MR) is 84.1 cm³/mol. The summed E-state index contributed by atoms with van der Waals surface area (Å²) in [6, 6.07) is 6.88. The molecule has 1 unspecified atom stereocenters. The minimum atomic E-state index is -3.08. The first kappa shape index (κ1) is 17.3. The van der Waals surface area contributed by atoms with Crippen LogP contribution in [-0.2, 0) is 14.6 Å². The van der Waals surface area contributed by atoms with Crippen LogP contribution in [0.3, 0.4) is 0 Å². The van der Waals surface area contributed by atoms with Crippen LogP contribution in [0.5, 0.6) is 0 Å². The van der Waals surface area contributed by atoms with E-state index in [0.29, 0.717) is 5.02 Å². The second-order valence-electron chi connectivity index (χ2n) is 4.39. The molecular weight excluding hydrogens is 318 g/mol. The zero-order chi connectivity index (χ0) is 15.2. The van der Waals surface area contributed by atoms with Gasteiger partial charge >= 0.3 is 0 Å². The summed E-state index contributed by atoms with van der Waals surface area (Å²) in [6.45, 7) is 3.28. The van der Waals surface area contributed by atoms with Crippen molar-refractivity contribution < 1.29 is 13.2 Å². The highest BCUT2D eigenvalue weighted by Gasteiger charge is 2.15. The van der Waals surface area contributed by atoms with Crippen LogP contribution in [0, 0.1) is 0 Å². The van der Waals surface area contributed by atoms with E-state index in [4.69, 9.17) is 11.6 Å². The SMILES string of the molecule is CCS(=O)(=O)CC(C)NC(=O)CSc1ccccc1Cl. The molecule has 0 fully saturated rings. The molecule has 0 aliphatic heterocycles. The third-order valence-corrected chi connectivity index (χ3v) is 5.95. The van der Waals surface area contributed by atoms with Crippen molar-refractivity contribution in [2.24, 2.45) is 0 Å². The Labute approximate surface area is 129 Å². The number of sulfone groups is 1. The lowest BCUT2D eigenvalue weighted by atomic mass is 10.4.